The summed E-state index contributed by atoms with van der Waals surface area (Å²) in [6, 6.07) is 4.91. The molecule has 1 heterocycles. The molecule has 5 nitrogen and oxygen atoms in total. The second-order valence-corrected chi connectivity index (χ2v) is 6.90. The van der Waals surface area contributed by atoms with E-state index in [-0.39, 0.29) is 4.90 Å². The van der Waals surface area contributed by atoms with Gasteiger partial charge in [-0.1, -0.05) is 13.0 Å². The first kappa shape index (κ1) is 15.3. The maximum absolute atomic E-state index is 12.2. The van der Waals surface area contributed by atoms with Gasteiger partial charge in [0.1, 0.15) is 0 Å². The van der Waals surface area contributed by atoms with E-state index in [1.165, 1.54) is 6.07 Å². The molecule has 0 aromatic heterocycles. The first-order chi connectivity index (χ1) is 9.53. The molecule has 1 unspecified atom stereocenters. The Hall–Kier alpha value is -1.11. The van der Waals surface area contributed by atoms with Crippen LogP contribution < -0.4 is 10.5 Å². The van der Waals surface area contributed by atoms with Crippen LogP contribution in [0.4, 0.5) is 5.69 Å². The van der Waals surface area contributed by atoms with Gasteiger partial charge in [0.05, 0.1) is 4.90 Å². The molecule has 0 saturated carbocycles. The van der Waals surface area contributed by atoms with Crippen LogP contribution in [0, 0.1) is 5.92 Å². The molecular weight excluding hydrogens is 276 g/mol. The Morgan fingerprint density at radius 1 is 1.45 bits per heavy atom. The van der Waals surface area contributed by atoms with E-state index >= 15 is 0 Å². The van der Waals surface area contributed by atoms with Crippen LogP contribution in [0.5, 0.6) is 0 Å². The van der Waals surface area contributed by atoms with Crippen LogP contribution in [0.2, 0.25) is 0 Å². The van der Waals surface area contributed by atoms with Gasteiger partial charge >= 0.3 is 0 Å². The van der Waals surface area contributed by atoms with Gasteiger partial charge in [-0.3, -0.25) is 0 Å². The van der Waals surface area contributed by atoms with Gasteiger partial charge in [-0.15, -0.1) is 0 Å². The number of nitrogen functional groups attached to an aromatic ring is 1. The molecule has 0 bridgehead atoms. The zero-order chi connectivity index (χ0) is 14.6. The van der Waals surface area contributed by atoms with E-state index < -0.39 is 10.0 Å². The lowest BCUT2D eigenvalue weighted by molar-refractivity contribution is 0.184. The number of sulfonamides is 1. The maximum Gasteiger partial charge on any atom is 0.240 e. The molecule has 1 fully saturated rings. The van der Waals surface area contributed by atoms with Crippen LogP contribution in [-0.4, -0.2) is 28.2 Å². The zero-order valence-corrected chi connectivity index (χ0v) is 12.6. The number of aryl methyl sites for hydroxylation is 1. The van der Waals surface area contributed by atoms with E-state index in [1.807, 2.05) is 6.92 Å². The van der Waals surface area contributed by atoms with Gasteiger partial charge in [-0.25, -0.2) is 13.1 Å². The molecule has 1 atom stereocenters. The SMILES string of the molecule is CCc1ccc(S(=O)(=O)NCCC2CCOC2)cc1N. The topological polar surface area (TPSA) is 81.4 Å². The van der Waals surface area contributed by atoms with Gasteiger partial charge in [0.2, 0.25) is 10.0 Å². The summed E-state index contributed by atoms with van der Waals surface area (Å²) in [5.74, 6) is 0.463. The van der Waals surface area contributed by atoms with Crippen LogP contribution in [0.15, 0.2) is 23.1 Å². The van der Waals surface area contributed by atoms with Crippen LogP contribution in [0.1, 0.15) is 25.3 Å². The number of nitrogens with two attached hydrogens (primary N) is 1. The summed E-state index contributed by atoms with van der Waals surface area (Å²) in [6.07, 6.45) is 2.61. The highest BCUT2D eigenvalue weighted by Gasteiger charge is 2.18. The third-order valence-electron chi connectivity index (χ3n) is 3.68. The summed E-state index contributed by atoms with van der Waals surface area (Å²) in [6.45, 7) is 3.94. The van der Waals surface area contributed by atoms with Crippen molar-refractivity contribution in [1.82, 2.24) is 4.72 Å². The van der Waals surface area contributed by atoms with E-state index in [9.17, 15) is 8.42 Å². The minimum absolute atomic E-state index is 0.231. The third kappa shape index (κ3) is 3.71. The molecule has 1 aromatic carbocycles. The van der Waals surface area contributed by atoms with Crippen molar-refractivity contribution in [2.45, 2.75) is 31.1 Å². The molecule has 6 heteroatoms. The van der Waals surface area contributed by atoms with Crippen molar-refractivity contribution in [2.75, 3.05) is 25.5 Å². The maximum atomic E-state index is 12.2. The normalized spacial score (nSPS) is 19.4. The van der Waals surface area contributed by atoms with E-state index in [0.29, 0.717) is 18.2 Å². The second kappa shape index (κ2) is 6.56. The minimum Gasteiger partial charge on any atom is -0.398 e. The highest BCUT2D eigenvalue weighted by molar-refractivity contribution is 7.89. The number of hydrogen-bond donors (Lipinski definition) is 2. The fraction of sp³-hybridized carbons (Fsp3) is 0.571. The molecule has 1 saturated heterocycles. The summed E-state index contributed by atoms with van der Waals surface area (Å²) in [4.78, 5) is 0.231. The lowest BCUT2D eigenvalue weighted by atomic mass is 10.1. The number of rotatable bonds is 6. The quantitative estimate of drug-likeness (QED) is 0.781. The largest absolute Gasteiger partial charge is 0.398 e. The summed E-state index contributed by atoms with van der Waals surface area (Å²) in [5, 5.41) is 0. The van der Waals surface area contributed by atoms with Crippen LogP contribution in [0.3, 0.4) is 0 Å². The summed E-state index contributed by atoms with van der Waals surface area (Å²) in [7, 11) is -3.47. The molecule has 2 rings (SSSR count). The lowest BCUT2D eigenvalue weighted by Crippen LogP contribution is -2.26. The van der Waals surface area contributed by atoms with E-state index in [0.717, 1.165) is 38.0 Å². The fourth-order valence-corrected chi connectivity index (χ4v) is 3.44. The van der Waals surface area contributed by atoms with Gasteiger partial charge < -0.3 is 10.5 Å². The third-order valence-corrected chi connectivity index (χ3v) is 5.14. The molecule has 112 valence electrons. The monoisotopic (exact) mass is 298 g/mol. The predicted octanol–water partition coefficient (Wildman–Crippen LogP) is 1.54. The fourth-order valence-electron chi connectivity index (χ4n) is 2.35. The van der Waals surface area contributed by atoms with Gasteiger partial charge in [-0.05, 0) is 42.9 Å². The van der Waals surface area contributed by atoms with E-state index in [1.54, 1.807) is 12.1 Å². The van der Waals surface area contributed by atoms with Crippen LogP contribution in [-0.2, 0) is 21.2 Å². The van der Waals surface area contributed by atoms with Gasteiger partial charge in [0, 0.05) is 25.4 Å². The van der Waals surface area contributed by atoms with Crippen molar-refractivity contribution < 1.29 is 13.2 Å². The Morgan fingerprint density at radius 3 is 2.85 bits per heavy atom. The van der Waals surface area contributed by atoms with Crippen LogP contribution >= 0.6 is 0 Å². The molecule has 20 heavy (non-hydrogen) atoms. The van der Waals surface area contributed by atoms with E-state index in [4.69, 9.17) is 10.5 Å². The van der Waals surface area contributed by atoms with Crippen molar-refractivity contribution in [3.8, 4) is 0 Å². The molecule has 0 amide bonds. The molecular formula is C14H22N2O3S. The van der Waals surface area contributed by atoms with Crippen molar-refractivity contribution >= 4 is 15.7 Å². The highest BCUT2D eigenvalue weighted by atomic mass is 32.2. The average Bonchev–Trinajstić information content (AvgIpc) is 2.91. The Labute approximate surface area is 120 Å². The Bertz CT molecular complexity index is 552. The Morgan fingerprint density at radius 2 is 2.25 bits per heavy atom. The Balaban J connectivity index is 1.96. The molecule has 0 spiro atoms. The summed E-state index contributed by atoms with van der Waals surface area (Å²) in [5.41, 5.74) is 7.34. The Kier molecular flexibility index (Phi) is 5.01. The van der Waals surface area contributed by atoms with Gasteiger partial charge in [0.15, 0.2) is 0 Å². The molecule has 0 aliphatic carbocycles. The lowest BCUT2D eigenvalue weighted by Gasteiger charge is -2.11. The van der Waals surface area contributed by atoms with Gasteiger partial charge in [0.25, 0.3) is 0 Å². The van der Waals surface area contributed by atoms with Crippen molar-refractivity contribution in [3.63, 3.8) is 0 Å². The zero-order valence-electron chi connectivity index (χ0n) is 11.8. The van der Waals surface area contributed by atoms with Crippen molar-refractivity contribution in [1.29, 1.82) is 0 Å². The summed E-state index contributed by atoms with van der Waals surface area (Å²) >= 11 is 0. The predicted molar refractivity (Wildman–Crippen MR) is 79.0 cm³/mol. The highest BCUT2D eigenvalue weighted by Crippen LogP contribution is 2.19. The van der Waals surface area contributed by atoms with Crippen molar-refractivity contribution in [3.05, 3.63) is 23.8 Å². The molecule has 1 aromatic rings. The summed E-state index contributed by atoms with van der Waals surface area (Å²) < 4.78 is 32.2. The minimum atomic E-state index is -3.47. The standard InChI is InChI=1S/C14H22N2O3S/c1-2-12-3-4-13(9-14(12)15)20(17,18)16-7-5-11-6-8-19-10-11/h3-4,9,11,16H,2,5-8,10,15H2,1H3. The number of ether oxygens (including phenoxy) is 1. The molecule has 3 N–H and O–H groups in total. The van der Waals surface area contributed by atoms with Gasteiger partial charge in [-0.2, -0.15) is 0 Å². The van der Waals surface area contributed by atoms with E-state index in [2.05, 4.69) is 4.72 Å². The average molecular weight is 298 g/mol. The first-order valence-corrected chi connectivity index (χ1v) is 8.47. The smallest absolute Gasteiger partial charge is 0.240 e. The first-order valence-electron chi connectivity index (χ1n) is 6.98. The molecule has 1 aliphatic rings. The number of benzene rings is 1. The van der Waals surface area contributed by atoms with Crippen LogP contribution in [0.25, 0.3) is 0 Å². The number of anilines is 1. The van der Waals surface area contributed by atoms with Crippen molar-refractivity contribution in [2.24, 2.45) is 5.92 Å². The molecule has 0 radical (unpaired) electrons. The number of nitrogens with one attached hydrogen (secondary N) is 1. The second-order valence-electron chi connectivity index (χ2n) is 5.13. The number of hydrogen-bond acceptors (Lipinski definition) is 4. The molecule has 1 aliphatic heterocycles.